The van der Waals surface area contributed by atoms with Crippen LogP contribution < -0.4 is 10.9 Å². The highest BCUT2D eigenvalue weighted by atomic mass is 79.9. The molecule has 2 aromatic carbocycles. The third-order valence-corrected chi connectivity index (χ3v) is 4.97. The SMILES string of the molecule is O=C(Cn1cnc2ccc(Br)cc2c1=O)NC(Cn1cncn1)c1ccccc1. The maximum Gasteiger partial charge on any atom is 0.261 e. The fourth-order valence-corrected chi connectivity index (χ4v) is 3.43. The van der Waals surface area contributed by atoms with Gasteiger partial charge in [0, 0.05) is 4.47 Å². The smallest absolute Gasteiger partial charge is 0.261 e. The predicted octanol–water partition coefficient (Wildman–Crippen LogP) is 2.31. The van der Waals surface area contributed by atoms with Gasteiger partial charge < -0.3 is 5.32 Å². The fraction of sp³-hybridized carbons (Fsp3) is 0.150. The van der Waals surface area contributed by atoms with Gasteiger partial charge in [-0.25, -0.2) is 9.97 Å². The number of nitrogens with one attached hydrogen (secondary N) is 1. The Balaban J connectivity index is 1.56. The lowest BCUT2D eigenvalue weighted by Crippen LogP contribution is -2.36. The van der Waals surface area contributed by atoms with E-state index in [2.05, 4.69) is 36.3 Å². The van der Waals surface area contributed by atoms with E-state index in [0.29, 0.717) is 17.4 Å². The van der Waals surface area contributed by atoms with Crippen molar-refractivity contribution in [1.82, 2.24) is 29.6 Å². The molecule has 29 heavy (non-hydrogen) atoms. The van der Waals surface area contributed by atoms with Gasteiger partial charge in [-0.3, -0.25) is 18.8 Å². The molecule has 4 aromatic rings. The number of carbonyl (C=O) groups excluding carboxylic acids is 1. The van der Waals surface area contributed by atoms with Crippen molar-refractivity contribution in [1.29, 1.82) is 0 Å². The maximum absolute atomic E-state index is 12.7. The molecule has 4 rings (SSSR count). The summed E-state index contributed by atoms with van der Waals surface area (Å²) >= 11 is 3.36. The maximum atomic E-state index is 12.7. The van der Waals surface area contributed by atoms with Crippen LogP contribution in [-0.4, -0.2) is 30.2 Å². The number of aromatic nitrogens is 5. The number of fused-ring (bicyclic) bond motifs is 1. The molecule has 0 aliphatic carbocycles. The average Bonchev–Trinajstić information content (AvgIpc) is 3.24. The molecular weight excluding hydrogens is 436 g/mol. The number of hydrogen-bond acceptors (Lipinski definition) is 5. The minimum Gasteiger partial charge on any atom is -0.346 e. The van der Waals surface area contributed by atoms with Gasteiger partial charge >= 0.3 is 0 Å². The van der Waals surface area contributed by atoms with Gasteiger partial charge in [0.1, 0.15) is 19.2 Å². The van der Waals surface area contributed by atoms with Crippen LogP contribution in [0, 0.1) is 0 Å². The van der Waals surface area contributed by atoms with Gasteiger partial charge in [0.25, 0.3) is 5.56 Å². The first kappa shape index (κ1) is 19.0. The van der Waals surface area contributed by atoms with Crippen molar-refractivity contribution in [3.05, 3.63) is 87.9 Å². The van der Waals surface area contributed by atoms with E-state index in [4.69, 9.17) is 0 Å². The van der Waals surface area contributed by atoms with E-state index in [0.717, 1.165) is 10.0 Å². The van der Waals surface area contributed by atoms with Crippen LogP contribution in [0.1, 0.15) is 11.6 Å². The number of rotatable bonds is 6. The van der Waals surface area contributed by atoms with Crippen LogP contribution in [-0.2, 0) is 17.9 Å². The van der Waals surface area contributed by atoms with E-state index in [1.54, 1.807) is 23.1 Å². The molecule has 0 aliphatic heterocycles. The monoisotopic (exact) mass is 452 g/mol. The Bertz CT molecular complexity index is 1190. The van der Waals surface area contributed by atoms with Crippen LogP contribution in [0.15, 0.2) is 76.8 Å². The Kier molecular flexibility index (Phi) is 5.48. The van der Waals surface area contributed by atoms with E-state index in [1.807, 2.05) is 36.4 Å². The Morgan fingerprint density at radius 2 is 1.97 bits per heavy atom. The van der Waals surface area contributed by atoms with Crippen molar-refractivity contribution in [3.8, 4) is 0 Å². The molecule has 1 atom stereocenters. The molecule has 0 saturated heterocycles. The Labute approximate surface area is 174 Å². The molecule has 0 radical (unpaired) electrons. The number of halogens is 1. The molecule has 9 heteroatoms. The number of hydrogen-bond donors (Lipinski definition) is 1. The van der Waals surface area contributed by atoms with Crippen molar-refractivity contribution < 1.29 is 4.79 Å². The standard InChI is InChI=1S/C20H17BrN6O2/c21-15-6-7-17-16(8-15)20(29)26(13-23-17)10-19(28)25-18(9-27-12-22-11-24-27)14-4-2-1-3-5-14/h1-8,11-13,18H,9-10H2,(H,25,28). The zero-order valence-corrected chi connectivity index (χ0v) is 16.9. The third-order valence-electron chi connectivity index (χ3n) is 4.47. The molecule has 0 fully saturated rings. The predicted molar refractivity (Wildman–Crippen MR) is 111 cm³/mol. The fourth-order valence-electron chi connectivity index (χ4n) is 3.07. The summed E-state index contributed by atoms with van der Waals surface area (Å²) in [6.45, 7) is 0.294. The quantitative estimate of drug-likeness (QED) is 0.484. The molecule has 2 aromatic heterocycles. The number of carbonyl (C=O) groups is 1. The Hall–Kier alpha value is -3.33. The summed E-state index contributed by atoms with van der Waals surface area (Å²) in [6, 6.07) is 14.6. The summed E-state index contributed by atoms with van der Waals surface area (Å²) in [4.78, 5) is 33.7. The van der Waals surface area contributed by atoms with E-state index < -0.39 is 0 Å². The zero-order chi connectivity index (χ0) is 20.2. The molecule has 8 nitrogen and oxygen atoms in total. The van der Waals surface area contributed by atoms with Gasteiger partial charge in [-0.2, -0.15) is 5.10 Å². The number of nitrogens with zero attached hydrogens (tertiary/aromatic N) is 5. The minimum atomic E-state index is -0.316. The van der Waals surface area contributed by atoms with Crippen LogP contribution in [0.25, 0.3) is 10.9 Å². The molecule has 0 aliphatic rings. The van der Waals surface area contributed by atoms with Crippen LogP contribution in [0.2, 0.25) is 0 Å². The molecular formula is C20H17BrN6O2. The zero-order valence-electron chi connectivity index (χ0n) is 15.3. The lowest BCUT2D eigenvalue weighted by atomic mass is 10.1. The van der Waals surface area contributed by atoms with Crippen LogP contribution >= 0.6 is 15.9 Å². The lowest BCUT2D eigenvalue weighted by Gasteiger charge is -2.19. The lowest BCUT2D eigenvalue weighted by molar-refractivity contribution is -0.122. The highest BCUT2D eigenvalue weighted by Crippen LogP contribution is 2.16. The summed E-state index contributed by atoms with van der Waals surface area (Å²) in [6.07, 6.45) is 4.44. The van der Waals surface area contributed by atoms with Gasteiger partial charge in [0.15, 0.2) is 0 Å². The molecule has 1 amide bonds. The van der Waals surface area contributed by atoms with Gasteiger partial charge in [-0.1, -0.05) is 46.3 Å². The van der Waals surface area contributed by atoms with Gasteiger partial charge in [-0.05, 0) is 23.8 Å². The van der Waals surface area contributed by atoms with Crippen LogP contribution in [0.3, 0.4) is 0 Å². The van der Waals surface area contributed by atoms with Gasteiger partial charge in [0.2, 0.25) is 5.91 Å². The summed E-state index contributed by atoms with van der Waals surface area (Å²) in [5.74, 6) is -0.294. The first-order valence-electron chi connectivity index (χ1n) is 8.91. The van der Waals surface area contributed by atoms with E-state index in [-0.39, 0.29) is 24.1 Å². The van der Waals surface area contributed by atoms with Crippen molar-refractivity contribution >= 4 is 32.7 Å². The highest BCUT2D eigenvalue weighted by molar-refractivity contribution is 9.10. The molecule has 1 N–H and O–H groups in total. The average molecular weight is 453 g/mol. The van der Waals surface area contributed by atoms with Crippen molar-refractivity contribution in [2.75, 3.05) is 0 Å². The summed E-state index contributed by atoms with van der Waals surface area (Å²) in [5, 5.41) is 7.55. The molecule has 1 unspecified atom stereocenters. The van der Waals surface area contributed by atoms with Crippen LogP contribution in [0.5, 0.6) is 0 Å². The van der Waals surface area contributed by atoms with E-state index in [1.165, 1.54) is 17.2 Å². The molecule has 2 heterocycles. The van der Waals surface area contributed by atoms with Crippen molar-refractivity contribution in [3.63, 3.8) is 0 Å². The topological polar surface area (TPSA) is 94.7 Å². The second-order valence-electron chi connectivity index (χ2n) is 6.49. The third kappa shape index (κ3) is 4.40. The van der Waals surface area contributed by atoms with Crippen LogP contribution in [0.4, 0.5) is 0 Å². The Morgan fingerprint density at radius 3 is 2.72 bits per heavy atom. The van der Waals surface area contributed by atoms with Gasteiger partial charge in [-0.15, -0.1) is 0 Å². The number of amides is 1. The van der Waals surface area contributed by atoms with E-state index in [9.17, 15) is 9.59 Å². The van der Waals surface area contributed by atoms with Crippen molar-refractivity contribution in [2.24, 2.45) is 0 Å². The molecule has 146 valence electrons. The number of benzene rings is 2. The largest absolute Gasteiger partial charge is 0.346 e. The Morgan fingerprint density at radius 1 is 1.14 bits per heavy atom. The van der Waals surface area contributed by atoms with Crippen molar-refractivity contribution in [2.45, 2.75) is 19.1 Å². The summed E-state index contributed by atoms with van der Waals surface area (Å²) < 4.78 is 3.74. The second-order valence-corrected chi connectivity index (χ2v) is 7.40. The minimum absolute atomic E-state index is 0.130. The second kappa shape index (κ2) is 8.36. The molecule has 0 spiro atoms. The first-order chi connectivity index (χ1) is 14.1. The summed E-state index contributed by atoms with van der Waals surface area (Å²) in [5.41, 5.74) is 1.26. The molecule has 0 saturated carbocycles. The van der Waals surface area contributed by atoms with Gasteiger partial charge in [0.05, 0.1) is 29.8 Å². The normalized spacial score (nSPS) is 12.0. The highest BCUT2D eigenvalue weighted by Gasteiger charge is 2.17. The first-order valence-corrected chi connectivity index (χ1v) is 9.71. The summed E-state index contributed by atoms with van der Waals surface area (Å²) in [7, 11) is 0. The van der Waals surface area contributed by atoms with E-state index >= 15 is 0 Å². The molecule has 0 bridgehead atoms.